The lowest BCUT2D eigenvalue weighted by molar-refractivity contribution is 0.600. The molecule has 2 rings (SSSR count). The summed E-state index contributed by atoms with van der Waals surface area (Å²) in [6.45, 7) is 3.87. The van der Waals surface area contributed by atoms with E-state index >= 15 is 0 Å². The minimum Gasteiger partial charge on any atom is -0.283 e. The van der Waals surface area contributed by atoms with Gasteiger partial charge in [0.05, 0.1) is 11.4 Å². The highest BCUT2D eigenvalue weighted by Crippen LogP contribution is 2.20. The number of hydrogen-bond donors (Lipinski definition) is 1. The number of benzene rings is 2. The number of anilines is 1. The van der Waals surface area contributed by atoms with Gasteiger partial charge in [-0.2, -0.15) is 0 Å². The highest BCUT2D eigenvalue weighted by atomic mass is 32.2. The van der Waals surface area contributed by atoms with Crippen molar-refractivity contribution in [3.05, 3.63) is 65.0 Å². The van der Waals surface area contributed by atoms with Gasteiger partial charge >= 0.3 is 0 Å². The summed E-state index contributed by atoms with van der Waals surface area (Å²) in [4.78, 5) is 0. The number of hydrogen-bond acceptors (Lipinski definition) is 2. The molecule has 0 spiro atoms. The van der Waals surface area contributed by atoms with Crippen LogP contribution in [-0.2, 0) is 22.2 Å². The fourth-order valence-corrected chi connectivity index (χ4v) is 3.26. The SMILES string of the molecule is CCc1ccc(C)c(NS(=O)(=O)Cc2ccc(F)cc2)c1. The number of nitrogens with one attached hydrogen (secondary N) is 1. The zero-order valence-corrected chi connectivity index (χ0v) is 12.9. The van der Waals surface area contributed by atoms with Gasteiger partial charge in [-0.05, 0) is 48.2 Å². The van der Waals surface area contributed by atoms with Crippen LogP contribution in [-0.4, -0.2) is 8.42 Å². The van der Waals surface area contributed by atoms with E-state index in [1.807, 2.05) is 32.0 Å². The molecule has 0 aliphatic carbocycles. The van der Waals surface area contributed by atoms with Crippen molar-refractivity contribution >= 4 is 15.7 Å². The van der Waals surface area contributed by atoms with E-state index in [1.54, 1.807) is 0 Å². The van der Waals surface area contributed by atoms with E-state index in [4.69, 9.17) is 0 Å². The molecule has 0 fully saturated rings. The molecule has 1 N–H and O–H groups in total. The van der Waals surface area contributed by atoms with Crippen LogP contribution >= 0.6 is 0 Å². The molecule has 3 nitrogen and oxygen atoms in total. The minimum absolute atomic E-state index is 0.178. The molecule has 0 aliphatic rings. The van der Waals surface area contributed by atoms with Crippen molar-refractivity contribution in [2.75, 3.05) is 4.72 Å². The molecule has 5 heteroatoms. The summed E-state index contributed by atoms with van der Waals surface area (Å²) >= 11 is 0. The first-order valence-corrected chi connectivity index (χ1v) is 8.39. The smallest absolute Gasteiger partial charge is 0.236 e. The standard InChI is InChI=1S/C16H18FNO2S/c1-3-13-5-4-12(2)16(10-13)18-21(19,20)11-14-6-8-15(17)9-7-14/h4-10,18H,3,11H2,1-2H3. The van der Waals surface area contributed by atoms with Crippen molar-refractivity contribution in [1.82, 2.24) is 0 Å². The van der Waals surface area contributed by atoms with Crippen LogP contribution in [0.3, 0.4) is 0 Å². The average molecular weight is 307 g/mol. The molecule has 0 bridgehead atoms. The Kier molecular flexibility index (Phi) is 4.63. The first-order valence-electron chi connectivity index (χ1n) is 6.74. The van der Waals surface area contributed by atoms with Crippen LogP contribution in [0.25, 0.3) is 0 Å². The molecule has 2 aromatic rings. The Morgan fingerprint density at radius 3 is 2.29 bits per heavy atom. The third kappa shape index (κ3) is 4.29. The first kappa shape index (κ1) is 15.5. The summed E-state index contributed by atoms with van der Waals surface area (Å²) in [7, 11) is -3.52. The second kappa shape index (κ2) is 6.26. The predicted octanol–water partition coefficient (Wildman–Crippen LogP) is 3.64. The fraction of sp³-hybridized carbons (Fsp3) is 0.250. The van der Waals surface area contributed by atoms with Crippen LogP contribution < -0.4 is 4.72 Å². The van der Waals surface area contributed by atoms with E-state index in [1.165, 1.54) is 24.3 Å². The van der Waals surface area contributed by atoms with E-state index in [-0.39, 0.29) is 11.6 Å². The van der Waals surface area contributed by atoms with Crippen LogP contribution in [0.1, 0.15) is 23.6 Å². The second-order valence-electron chi connectivity index (χ2n) is 4.99. The van der Waals surface area contributed by atoms with Gasteiger partial charge in [-0.3, -0.25) is 4.72 Å². The van der Waals surface area contributed by atoms with E-state index in [0.29, 0.717) is 11.3 Å². The summed E-state index contributed by atoms with van der Waals surface area (Å²) in [5, 5.41) is 0. The third-order valence-corrected chi connectivity index (χ3v) is 4.49. The maximum atomic E-state index is 12.8. The Hall–Kier alpha value is -1.88. The zero-order valence-electron chi connectivity index (χ0n) is 12.1. The molecule has 2 aromatic carbocycles. The van der Waals surface area contributed by atoms with Crippen molar-refractivity contribution in [1.29, 1.82) is 0 Å². The molecule has 0 aromatic heterocycles. The van der Waals surface area contributed by atoms with Crippen LogP contribution in [0.4, 0.5) is 10.1 Å². The highest BCUT2D eigenvalue weighted by Gasteiger charge is 2.13. The van der Waals surface area contributed by atoms with Crippen molar-refractivity contribution in [2.24, 2.45) is 0 Å². The molecular formula is C16H18FNO2S. The number of aryl methyl sites for hydroxylation is 2. The summed E-state index contributed by atoms with van der Waals surface area (Å²) in [6.07, 6.45) is 0.840. The quantitative estimate of drug-likeness (QED) is 0.916. The maximum absolute atomic E-state index is 12.8. The Morgan fingerprint density at radius 1 is 1.05 bits per heavy atom. The van der Waals surface area contributed by atoms with Gasteiger partial charge in [0.1, 0.15) is 5.82 Å². The van der Waals surface area contributed by atoms with Crippen molar-refractivity contribution in [3.8, 4) is 0 Å². The lowest BCUT2D eigenvalue weighted by Gasteiger charge is -2.12. The molecule has 0 amide bonds. The Balaban J connectivity index is 2.19. The molecule has 112 valence electrons. The highest BCUT2D eigenvalue weighted by molar-refractivity contribution is 7.91. The molecule has 0 saturated carbocycles. The normalized spacial score (nSPS) is 11.4. The molecule has 0 atom stereocenters. The van der Waals surface area contributed by atoms with E-state index < -0.39 is 10.0 Å². The number of sulfonamides is 1. The Labute approximate surface area is 124 Å². The lowest BCUT2D eigenvalue weighted by atomic mass is 10.1. The minimum atomic E-state index is -3.52. The van der Waals surface area contributed by atoms with Crippen molar-refractivity contribution in [3.63, 3.8) is 0 Å². The fourth-order valence-electron chi connectivity index (χ4n) is 2.00. The van der Waals surface area contributed by atoms with Crippen molar-refractivity contribution < 1.29 is 12.8 Å². The van der Waals surface area contributed by atoms with Crippen LogP contribution in [0.15, 0.2) is 42.5 Å². The second-order valence-corrected chi connectivity index (χ2v) is 6.71. The van der Waals surface area contributed by atoms with Gasteiger partial charge in [-0.25, -0.2) is 12.8 Å². The maximum Gasteiger partial charge on any atom is 0.236 e. The lowest BCUT2D eigenvalue weighted by Crippen LogP contribution is -2.16. The Morgan fingerprint density at radius 2 is 1.67 bits per heavy atom. The zero-order chi connectivity index (χ0) is 15.5. The molecule has 0 radical (unpaired) electrons. The van der Waals surface area contributed by atoms with Crippen LogP contribution in [0.5, 0.6) is 0 Å². The predicted molar refractivity (Wildman–Crippen MR) is 83.2 cm³/mol. The van der Waals surface area contributed by atoms with E-state index in [2.05, 4.69) is 4.72 Å². The van der Waals surface area contributed by atoms with Gasteiger partial charge in [-0.1, -0.05) is 31.2 Å². The largest absolute Gasteiger partial charge is 0.283 e. The molecule has 0 heterocycles. The van der Waals surface area contributed by atoms with E-state index in [9.17, 15) is 12.8 Å². The first-order chi connectivity index (χ1) is 9.89. The molecule has 0 unspecified atom stereocenters. The summed E-state index contributed by atoms with van der Waals surface area (Å²) < 4.78 is 39.8. The summed E-state index contributed by atoms with van der Waals surface area (Å²) in [5.74, 6) is -0.557. The number of halogens is 1. The molecule has 0 saturated heterocycles. The van der Waals surface area contributed by atoms with Gasteiger partial charge in [0.15, 0.2) is 0 Å². The molecule has 0 aliphatic heterocycles. The van der Waals surface area contributed by atoms with Crippen molar-refractivity contribution in [2.45, 2.75) is 26.0 Å². The van der Waals surface area contributed by atoms with Gasteiger partial charge in [0, 0.05) is 0 Å². The molecular weight excluding hydrogens is 289 g/mol. The summed E-state index contributed by atoms with van der Waals surface area (Å²) in [5.41, 5.74) is 3.08. The average Bonchev–Trinajstić information content (AvgIpc) is 2.43. The monoisotopic (exact) mass is 307 g/mol. The Bertz CT molecular complexity index is 724. The van der Waals surface area contributed by atoms with Crippen LogP contribution in [0.2, 0.25) is 0 Å². The van der Waals surface area contributed by atoms with Gasteiger partial charge in [0.2, 0.25) is 10.0 Å². The van der Waals surface area contributed by atoms with Gasteiger partial charge < -0.3 is 0 Å². The van der Waals surface area contributed by atoms with Gasteiger partial charge in [-0.15, -0.1) is 0 Å². The summed E-state index contributed by atoms with van der Waals surface area (Å²) in [6, 6.07) is 11.2. The molecule has 21 heavy (non-hydrogen) atoms. The topological polar surface area (TPSA) is 46.2 Å². The van der Waals surface area contributed by atoms with E-state index in [0.717, 1.165) is 17.5 Å². The number of rotatable bonds is 5. The van der Waals surface area contributed by atoms with Gasteiger partial charge in [0.25, 0.3) is 0 Å². The van der Waals surface area contributed by atoms with Crippen LogP contribution in [0, 0.1) is 12.7 Å². The third-order valence-electron chi connectivity index (χ3n) is 3.25.